The van der Waals surface area contributed by atoms with Crippen molar-refractivity contribution in [2.75, 3.05) is 4.90 Å². The van der Waals surface area contributed by atoms with Gasteiger partial charge >= 0.3 is 7.12 Å². The molecule has 0 aliphatic carbocycles. The minimum absolute atomic E-state index is 0.484. The van der Waals surface area contributed by atoms with Crippen molar-refractivity contribution in [1.82, 2.24) is 0 Å². The van der Waals surface area contributed by atoms with Crippen LogP contribution in [0.25, 0.3) is 33.4 Å². The third kappa shape index (κ3) is 3.41. The van der Waals surface area contributed by atoms with Crippen molar-refractivity contribution in [2.45, 2.75) is 0 Å². The summed E-state index contributed by atoms with van der Waals surface area (Å²) in [6, 6.07) is 41.6. The van der Waals surface area contributed by atoms with Crippen molar-refractivity contribution < 1.29 is 10.0 Å². The summed E-state index contributed by atoms with van der Waals surface area (Å²) in [6.07, 6.45) is 0. The molecule has 0 saturated carbocycles. The van der Waals surface area contributed by atoms with E-state index in [2.05, 4.69) is 102 Å². The van der Waals surface area contributed by atoms with Gasteiger partial charge in [0.05, 0.1) is 11.4 Å². The Kier molecular flexibility index (Phi) is 5.03. The van der Waals surface area contributed by atoms with Crippen molar-refractivity contribution in [1.29, 1.82) is 0 Å². The minimum Gasteiger partial charge on any atom is -0.423 e. The Morgan fingerprint density at radius 2 is 0.853 bits per heavy atom. The Balaban J connectivity index is 1.49. The number of nitrogens with zero attached hydrogens (tertiary/aromatic N) is 1. The first-order chi connectivity index (χ1) is 16.7. The summed E-state index contributed by atoms with van der Waals surface area (Å²) in [5, 5.41) is 18.7. The molecule has 0 spiro atoms. The molecule has 0 radical (unpaired) electrons. The maximum Gasteiger partial charge on any atom is 0.488 e. The summed E-state index contributed by atoms with van der Waals surface area (Å²) < 4.78 is 0. The average molecular weight is 439 g/mol. The topological polar surface area (TPSA) is 43.7 Å². The number of hydrogen-bond donors (Lipinski definition) is 2. The van der Waals surface area contributed by atoms with Gasteiger partial charge in [-0.3, -0.25) is 0 Å². The number of rotatable bonds is 3. The maximum atomic E-state index is 9.36. The fraction of sp³-hybridized carbons (Fsp3) is 0. The fourth-order valence-corrected chi connectivity index (χ4v) is 4.80. The highest BCUT2D eigenvalue weighted by Gasteiger charge is 2.25. The quantitative estimate of drug-likeness (QED) is 0.325. The van der Waals surface area contributed by atoms with Gasteiger partial charge in [-0.25, -0.2) is 0 Å². The molecule has 5 aromatic rings. The standard InChI is InChI=1S/C30H22BNO2/c33-31(34)23-17-13-21(14-18-23)22-15-19-24(20-16-22)32-29-11-5-3-9-27(29)25-7-1-2-8-26(25)28-10-4-6-12-30(28)32/h1-20,33-34H. The molecule has 0 fully saturated rings. The van der Waals surface area contributed by atoms with Gasteiger partial charge in [-0.15, -0.1) is 0 Å². The first-order valence-corrected chi connectivity index (χ1v) is 11.4. The second-order valence-corrected chi connectivity index (χ2v) is 8.46. The lowest BCUT2D eigenvalue weighted by Gasteiger charge is -2.27. The predicted molar refractivity (Wildman–Crippen MR) is 141 cm³/mol. The smallest absolute Gasteiger partial charge is 0.423 e. The van der Waals surface area contributed by atoms with E-state index in [9.17, 15) is 10.0 Å². The molecule has 162 valence electrons. The van der Waals surface area contributed by atoms with E-state index in [1.54, 1.807) is 12.1 Å². The zero-order valence-electron chi connectivity index (χ0n) is 18.5. The second-order valence-electron chi connectivity index (χ2n) is 8.46. The lowest BCUT2D eigenvalue weighted by atomic mass is 9.80. The fourth-order valence-electron chi connectivity index (χ4n) is 4.80. The van der Waals surface area contributed by atoms with Crippen LogP contribution >= 0.6 is 0 Å². The van der Waals surface area contributed by atoms with Crippen LogP contribution in [0.2, 0.25) is 0 Å². The highest BCUT2D eigenvalue weighted by Crippen LogP contribution is 2.50. The summed E-state index contributed by atoms with van der Waals surface area (Å²) in [6.45, 7) is 0. The summed E-state index contributed by atoms with van der Waals surface area (Å²) in [4.78, 5) is 2.33. The van der Waals surface area contributed by atoms with Gasteiger partial charge in [0.15, 0.2) is 0 Å². The highest BCUT2D eigenvalue weighted by atomic mass is 16.4. The van der Waals surface area contributed by atoms with E-state index in [1.165, 1.54) is 22.3 Å². The van der Waals surface area contributed by atoms with Crippen molar-refractivity contribution in [2.24, 2.45) is 0 Å². The van der Waals surface area contributed by atoms with Gasteiger partial charge in [-0.2, -0.15) is 0 Å². The zero-order chi connectivity index (χ0) is 23.1. The Morgan fingerprint density at radius 1 is 0.441 bits per heavy atom. The van der Waals surface area contributed by atoms with Gasteiger partial charge in [0.25, 0.3) is 0 Å². The van der Waals surface area contributed by atoms with E-state index in [0.29, 0.717) is 5.46 Å². The molecule has 0 atom stereocenters. The molecule has 34 heavy (non-hydrogen) atoms. The van der Waals surface area contributed by atoms with E-state index < -0.39 is 7.12 Å². The summed E-state index contributed by atoms with van der Waals surface area (Å²) in [7, 11) is -1.45. The van der Waals surface area contributed by atoms with Crippen LogP contribution in [0.5, 0.6) is 0 Å². The van der Waals surface area contributed by atoms with Crippen LogP contribution in [0.15, 0.2) is 121 Å². The van der Waals surface area contributed by atoms with Gasteiger partial charge in [0, 0.05) is 16.8 Å². The van der Waals surface area contributed by atoms with E-state index in [-0.39, 0.29) is 0 Å². The van der Waals surface area contributed by atoms with Crippen molar-refractivity contribution in [3.63, 3.8) is 0 Å². The van der Waals surface area contributed by atoms with Crippen LogP contribution in [-0.4, -0.2) is 17.2 Å². The van der Waals surface area contributed by atoms with Crippen LogP contribution in [0, 0.1) is 0 Å². The van der Waals surface area contributed by atoms with Gasteiger partial charge < -0.3 is 14.9 Å². The molecule has 0 aromatic heterocycles. The van der Waals surface area contributed by atoms with Gasteiger partial charge in [-0.1, -0.05) is 97.1 Å². The van der Waals surface area contributed by atoms with E-state index >= 15 is 0 Å². The lowest BCUT2D eigenvalue weighted by Crippen LogP contribution is -2.29. The third-order valence-electron chi connectivity index (χ3n) is 6.46. The molecule has 4 heteroatoms. The molecule has 0 saturated heterocycles. The average Bonchev–Trinajstić information content (AvgIpc) is 3.02. The molecular weight excluding hydrogens is 417 g/mol. The van der Waals surface area contributed by atoms with Crippen LogP contribution in [0.3, 0.4) is 0 Å². The highest BCUT2D eigenvalue weighted by molar-refractivity contribution is 6.58. The molecule has 2 N–H and O–H groups in total. The monoisotopic (exact) mass is 439 g/mol. The number of fused-ring (bicyclic) bond motifs is 5. The maximum absolute atomic E-state index is 9.36. The summed E-state index contributed by atoms with van der Waals surface area (Å²) in [5.41, 5.74) is 10.8. The Labute approximate surface area is 199 Å². The molecule has 0 unspecified atom stereocenters. The lowest BCUT2D eigenvalue weighted by molar-refractivity contribution is 0.426. The molecular formula is C30H22BNO2. The van der Waals surface area contributed by atoms with Gasteiger partial charge in [-0.05, 0) is 52.0 Å². The summed E-state index contributed by atoms with van der Waals surface area (Å²) >= 11 is 0. The molecule has 1 aliphatic rings. The molecule has 5 aromatic carbocycles. The first-order valence-electron chi connectivity index (χ1n) is 11.4. The molecule has 1 aliphatic heterocycles. The molecule has 0 amide bonds. The summed E-state index contributed by atoms with van der Waals surface area (Å²) in [5.74, 6) is 0. The van der Waals surface area contributed by atoms with E-state index in [1.807, 2.05) is 12.1 Å². The molecule has 6 rings (SSSR count). The Morgan fingerprint density at radius 3 is 1.32 bits per heavy atom. The normalized spacial score (nSPS) is 11.8. The third-order valence-corrected chi connectivity index (χ3v) is 6.46. The van der Waals surface area contributed by atoms with Crippen molar-refractivity contribution in [3.8, 4) is 33.4 Å². The predicted octanol–water partition coefficient (Wildman–Crippen LogP) is 6.15. The van der Waals surface area contributed by atoms with E-state index in [0.717, 1.165) is 28.2 Å². The molecule has 1 heterocycles. The Hall–Kier alpha value is -4.12. The van der Waals surface area contributed by atoms with Crippen molar-refractivity contribution in [3.05, 3.63) is 121 Å². The van der Waals surface area contributed by atoms with Crippen LogP contribution in [0.4, 0.5) is 17.1 Å². The first kappa shape index (κ1) is 20.5. The molecule has 3 nitrogen and oxygen atoms in total. The Bertz CT molecular complexity index is 1410. The van der Waals surface area contributed by atoms with Gasteiger partial charge in [0.2, 0.25) is 0 Å². The molecule has 0 bridgehead atoms. The second kappa shape index (κ2) is 8.34. The van der Waals surface area contributed by atoms with Gasteiger partial charge in [0.1, 0.15) is 0 Å². The van der Waals surface area contributed by atoms with E-state index in [4.69, 9.17) is 0 Å². The SMILES string of the molecule is OB(O)c1ccc(-c2ccc(N3c4ccccc4-c4ccccc4-c4ccccc43)cc2)cc1. The van der Waals surface area contributed by atoms with Crippen LogP contribution in [0.1, 0.15) is 0 Å². The number of anilines is 3. The largest absolute Gasteiger partial charge is 0.488 e. The number of para-hydroxylation sites is 2. The van der Waals surface area contributed by atoms with Crippen molar-refractivity contribution >= 4 is 29.6 Å². The minimum atomic E-state index is -1.45. The number of benzene rings is 5. The van der Waals surface area contributed by atoms with Crippen LogP contribution in [-0.2, 0) is 0 Å². The van der Waals surface area contributed by atoms with Crippen LogP contribution < -0.4 is 10.4 Å². The zero-order valence-corrected chi connectivity index (χ0v) is 18.5. The number of hydrogen-bond acceptors (Lipinski definition) is 3.